The van der Waals surface area contributed by atoms with Crippen molar-refractivity contribution in [3.05, 3.63) is 46.6 Å². The molecule has 0 amide bonds. The molecule has 6 nitrogen and oxygen atoms in total. The van der Waals surface area contributed by atoms with Crippen molar-refractivity contribution in [2.75, 3.05) is 14.2 Å². The maximum atomic E-state index is 12.7. The molecule has 23 heavy (non-hydrogen) atoms. The van der Waals surface area contributed by atoms with Crippen molar-refractivity contribution in [1.82, 2.24) is 0 Å². The van der Waals surface area contributed by atoms with Gasteiger partial charge >= 0.3 is 0 Å². The summed E-state index contributed by atoms with van der Waals surface area (Å²) in [5.74, 6) is -0.0502. The highest BCUT2D eigenvalue weighted by atomic mass is 16.5. The van der Waals surface area contributed by atoms with Crippen LogP contribution in [0.15, 0.2) is 45.6 Å². The first-order valence-electron chi connectivity index (χ1n) is 6.77. The SMILES string of the molecule is COc1c(-c2ccc(O)c(O)c2)oc2cccc(OC)c2c1=O. The van der Waals surface area contributed by atoms with Crippen molar-refractivity contribution >= 4 is 11.0 Å². The Morgan fingerprint density at radius 1 is 1.00 bits per heavy atom. The lowest BCUT2D eigenvalue weighted by Crippen LogP contribution is -2.08. The fraction of sp³-hybridized carbons (Fsp3) is 0.118. The third kappa shape index (κ3) is 2.34. The molecule has 3 rings (SSSR count). The van der Waals surface area contributed by atoms with E-state index in [-0.39, 0.29) is 33.8 Å². The minimum absolute atomic E-state index is 0.00732. The summed E-state index contributed by atoms with van der Waals surface area (Å²) in [6.07, 6.45) is 0. The second-order valence-corrected chi connectivity index (χ2v) is 4.83. The van der Waals surface area contributed by atoms with Gasteiger partial charge in [-0.25, -0.2) is 0 Å². The molecule has 2 N–H and O–H groups in total. The maximum absolute atomic E-state index is 12.7. The van der Waals surface area contributed by atoms with Gasteiger partial charge in [-0.1, -0.05) is 6.07 Å². The van der Waals surface area contributed by atoms with E-state index in [0.29, 0.717) is 16.9 Å². The molecule has 2 aromatic carbocycles. The highest BCUT2D eigenvalue weighted by Gasteiger charge is 2.20. The number of phenolic OH excluding ortho intramolecular Hbond substituents is 2. The third-order valence-electron chi connectivity index (χ3n) is 3.50. The molecule has 0 aliphatic carbocycles. The van der Waals surface area contributed by atoms with Crippen LogP contribution in [0.4, 0.5) is 0 Å². The van der Waals surface area contributed by atoms with E-state index in [9.17, 15) is 15.0 Å². The molecule has 0 atom stereocenters. The summed E-state index contributed by atoms with van der Waals surface area (Å²) in [4.78, 5) is 12.7. The highest BCUT2D eigenvalue weighted by molar-refractivity contribution is 5.87. The van der Waals surface area contributed by atoms with Gasteiger partial charge in [-0.3, -0.25) is 4.79 Å². The van der Waals surface area contributed by atoms with E-state index in [1.54, 1.807) is 18.2 Å². The van der Waals surface area contributed by atoms with Gasteiger partial charge in [0.2, 0.25) is 11.2 Å². The molecule has 0 spiro atoms. The number of fused-ring (bicyclic) bond motifs is 1. The summed E-state index contributed by atoms with van der Waals surface area (Å²) >= 11 is 0. The Balaban J connectivity index is 2.37. The van der Waals surface area contributed by atoms with Crippen molar-refractivity contribution in [2.24, 2.45) is 0 Å². The van der Waals surface area contributed by atoms with Gasteiger partial charge < -0.3 is 24.1 Å². The summed E-state index contributed by atoms with van der Waals surface area (Å²) < 4.78 is 16.2. The lowest BCUT2D eigenvalue weighted by Gasteiger charge is -2.11. The molecule has 1 heterocycles. The van der Waals surface area contributed by atoms with Gasteiger partial charge in [-0.15, -0.1) is 0 Å². The first kappa shape index (κ1) is 14.8. The molecule has 3 aromatic rings. The van der Waals surface area contributed by atoms with Crippen molar-refractivity contribution in [3.63, 3.8) is 0 Å². The zero-order valence-electron chi connectivity index (χ0n) is 12.5. The fourth-order valence-corrected chi connectivity index (χ4v) is 2.40. The lowest BCUT2D eigenvalue weighted by atomic mass is 10.1. The summed E-state index contributed by atoms with van der Waals surface area (Å²) in [5, 5.41) is 19.4. The van der Waals surface area contributed by atoms with Crippen LogP contribution in [0.2, 0.25) is 0 Å². The maximum Gasteiger partial charge on any atom is 0.239 e. The molecular formula is C17H14O6. The topological polar surface area (TPSA) is 89.1 Å². The lowest BCUT2D eigenvalue weighted by molar-refractivity contribution is 0.394. The number of benzene rings is 2. The molecule has 0 saturated carbocycles. The number of rotatable bonds is 3. The van der Waals surface area contributed by atoms with Gasteiger partial charge in [0.15, 0.2) is 17.3 Å². The first-order chi connectivity index (χ1) is 11.1. The number of ether oxygens (including phenoxy) is 2. The monoisotopic (exact) mass is 314 g/mol. The van der Waals surface area contributed by atoms with Gasteiger partial charge in [-0.2, -0.15) is 0 Å². The van der Waals surface area contributed by atoms with Crippen LogP contribution in [-0.2, 0) is 0 Å². The summed E-state index contributed by atoms with van der Waals surface area (Å²) in [7, 11) is 2.82. The minimum atomic E-state index is -0.381. The smallest absolute Gasteiger partial charge is 0.239 e. The summed E-state index contributed by atoms with van der Waals surface area (Å²) in [6, 6.07) is 9.12. The molecule has 0 saturated heterocycles. The Bertz CT molecular complexity index is 942. The van der Waals surface area contributed by atoms with E-state index in [1.807, 2.05) is 0 Å². The predicted octanol–water partition coefficient (Wildman–Crippen LogP) is 2.89. The normalized spacial score (nSPS) is 10.7. The third-order valence-corrected chi connectivity index (χ3v) is 3.50. The number of hydrogen-bond donors (Lipinski definition) is 2. The average Bonchev–Trinajstić information content (AvgIpc) is 2.56. The second kappa shape index (κ2) is 5.57. The molecule has 118 valence electrons. The largest absolute Gasteiger partial charge is 0.504 e. The van der Waals surface area contributed by atoms with Crippen LogP contribution >= 0.6 is 0 Å². The van der Waals surface area contributed by atoms with Crippen LogP contribution in [0.5, 0.6) is 23.0 Å². The van der Waals surface area contributed by atoms with Gasteiger partial charge in [0, 0.05) is 5.56 Å². The van der Waals surface area contributed by atoms with Crippen LogP contribution < -0.4 is 14.9 Å². The number of aromatic hydroxyl groups is 2. The zero-order chi connectivity index (χ0) is 16.6. The highest BCUT2D eigenvalue weighted by Crippen LogP contribution is 2.36. The molecule has 0 bridgehead atoms. The van der Waals surface area contributed by atoms with E-state index in [2.05, 4.69) is 0 Å². The van der Waals surface area contributed by atoms with Crippen LogP contribution in [0.3, 0.4) is 0 Å². The van der Waals surface area contributed by atoms with E-state index in [0.717, 1.165) is 0 Å². The van der Waals surface area contributed by atoms with Crippen molar-refractivity contribution in [3.8, 4) is 34.3 Å². The Hall–Kier alpha value is -3.15. The molecule has 0 unspecified atom stereocenters. The predicted molar refractivity (Wildman–Crippen MR) is 84.4 cm³/mol. The molecular weight excluding hydrogens is 300 g/mol. The van der Waals surface area contributed by atoms with Crippen LogP contribution in [-0.4, -0.2) is 24.4 Å². The molecule has 6 heteroatoms. The van der Waals surface area contributed by atoms with Crippen LogP contribution in [0.25, 0.3) is 22.3 Å². The Labute approximate surface area is 131 Å². The van der Waals surface area contributed by atoms with E-state index < -0.39 is 0 Å². The van der Waals surface area contributed by atoms with Crippen LogP contribution in [0.1, 0.15) is 0 Å². The number of hydrogen-bond acceptors (Lipinski definition) is 6. The molecule has 0 radical (unpaired) electrons. The number of phenols is 2. The van der Waals surface area contributed by atoms with Gasteiger partial charge in [0.05, 0.1) is 14.2 Å². The summed E-state index contributed by atoms with van der Waals surface area (Å²) in [6.45, 7) is 0. The van der Waals surface area contributed by atoms with Gasteiger partial charge in [0.1, 0.15) is 16.7 Å². The minimum Gasteiger partial charge on any atom is -0.504 e. The summed E-state index contributed by atoms with van der Waals surface area (Å²) in [5.41, 5.74) is 0.352. The van der Waals surface area contributed by atoms with E-state index in [4.69, 9.17) is 13.9 Å². The number of methoxy groups -OCH3 is 2. The second-order valence-electron chi connectivity index (χ2n) is 4.83. The van der Waals surface area contributed by atoms with Crippen molar-refractivity contribution < 1.29 is 24.1 Å². The Morgan fingerprint density at radius 3 is 2.43 bits per heavy atom. The zero-order valence-corrected chi connectivity index (χ0v) is 12.5. The Kier molecular flexibility index (Phi) is 3.57. The fourth-order valence-electron chi connectivity index (χ4n) is 2.40. The molecule has 0 aliphatic heterocycles. The van der Waals surface area contributed by atoms with E-state index >= 15 is 0 Å². The van der Waals surface area contributed by atoms with Gasteiger partial charge in [-0.05, 0) is 30.3 Å². The molecule has 1 aromatic heterocycles. The standard InChI is InChI=1S/C17H14O6/c1-21-12-4-3-5-13-14(12)15(20)17(22-2)16(23-13)9-6-7-10(18)11(19)8-9/h3-8,18-19H,1-2H3. The first-order valence-corrected chi connectivity index (χ1v) is 6.77. The Morgan fingerprint density at radius 2 is 1.78 bits per heavy atom. The average molecular weight is 314 g/mol. The molecule has 0 aliphatic rings. The van der Waals surface area contributed by atoms with Crippen molar-refractivity contribution in [2.45, 2.75) is 0 Å². The van der Waals surface area contributed by atoms with Crippen molar-refractivity contribution in [1.29, 1.82) is 0 Å². The molecule has 0 fully saturated rings. The van der Waals surface area contributed by atoms with Crippen LogP contribution in [0, 0.1) is 0 Å². The quantitative estimate of drug-likeness (QED) is 0.723. The van der Waals surface area contributed by atoms with Gasteiger partial charge in [0.25, 0.3) is 0 Å². The van der Waals surface area contributed by atoms with E-state index in [1.165, 1.54) is 32.4 Å².